The van der Waals surface area contributed by atoms with E-state index in [1.165, 1.54) is 32.1 Å². The summed E-state index contributed by atoms with van der Waals surface area (Å²) >= 11 is 12.8. The van der Waals surface area contributed by atoms with Crippen molar-refractivity contribution in [3.63, 3.8) is 0 Å². The molecule has 2 unspecified atom stereocenters. The number of hydrogen-bond donors (Lipinski definition) is 0. The van der Waals surface area contributed by atoms with Crippen LogP contribution < -0.4 is 5.01 Å². The summed E-state index contributed by atoms with van der Waals surface area (Å²) in [6, 6.07) is 6.01. The molecule has 1 heterocycles. The number of halogens is 2. The molecule has 5 fully saturated rings. The third-order valence-electron chi connectivity index (χ3n) is 7.45. The van der Waals surface area contributed by atoms with Crippen molar-refractivity contribution in [2.75, 3.05) is 5.01 Å². The number of anilines is 1. The van der Waals surface area contributed by atoms with Gasteiger partial charge >= 0.3 is 0 Å². The second-order valence-electron chi connectivity index (χ2n) is 9.86. The molecule has 5 aliphatic rings. The van der Waals surface area contributed by atoms with Gasteiger partial charge in [0.1, 0.15) is 5.54 Å². The molecule has 4 bridgehead atoms. The quantitative estimate of drug-likeness (QED) is 0.658. The monoisotopic (exact) mass is 392 g/mol. The van der Waals surface area contributed by atoms with Gasteiger partial charge in [-0.15, -0.1) is 0 Å². The summed E-state index contributed by atoms with van der Waals surface area (Å²) in [4.78, 5) is 13.2. The van der Waals surface area contributed by atoms with Crippen LogP contribution in [0, 0.1) is 23.2 Å². The van der Waals surface area contributed by atoms with Crippen LogP contribution in [0.1, 0.15) is 52.9 Å². The third-order valence-corrected chi connectivity index (χ3v) is 8.26. The van der Waals surface area contributed by atoms with Crippen molar-refractivity contribution in [2.24, 2.45) is 23.2 Å². The first-order valence-electron chi connectivity index (χ1n) is 9.79. The van der Waals surface area contributed by atoms with Crippen LogP contribution in [0.3, 0.4) is 0 Å². The van der Waals surface area contributed by atoms with E-state index in [0.717, 1.165) is 11.6 Å². The fourth-order valence-electron chi connectivity index (χ4n) is 6.83. The number of carbonyl (C=O) groups excluding carboxylic acids is 1. The summed E-state index contributed by atoms with van der Waals surface area (Å²) in [7, 11) is 0. The van der Waals surface area contributed by atoms with Crippen LogP contribution in [0.4, 0.5) is 5.69 Å². The molecule has 0 radical (unpaired) electrons. The first-order chi connectivity index (χ1) is 12.2. The number of hydrogen-bond acceptors (Lipinski definition) is 2. The Balaban J connectivity index is 1.54. The molecule has 0 aromatic heterocycles. The van der Waals surface area contributed by atoms with E-state index >= 15 is 0 Å². The number of rotatable bonds is 2. The van der Waals surface area contributed by atoms with Gasteiger partial charge in [-0.05, 0) is 81.3 Å². The normalized spacial score (nSPS) is 40.1. The van der Waals surface area contributed by atoms with Gasteiger partial charge in [0.15, 0.2) is 0 Å². The largest absolute Gasteiger partial charge is 0.270 e. The second kappa shape index (κ2) is 5.32. The van der Waals surface area contributed by atoms with Gasteiger partial charge in [-0.3, -0.25) is 9.80 Å². The zero-order chi connectivity index (χ0) is 18.4. The van der Waals surface area contributed by atoms with E-state index in [2.05, 4.69) is 11.9 Å². The topological polar surface area (TPSA) is 23.6 Å². The highest BCUT2D eigenvalue weighted by atomic mass is 35.5. The van der Waals surface area contributed by atoms with Gasteiger partial charge in [0.25, 0.3) is 5.91 Å². The first kappa shape index (κ1) is 17.2. The lowest BCUT2D eigenvalue weighted by Crippen LogP contribution is -2.80. The van der Waals surface area contributed by atoms with Crippen LogP contribution >= 0.6 is 23.2 Å². The van der Waals surface area contributed by atoms with Gasteiger partial charge in [0.05, 0.1) is 21.8 Å². The fraction of sp³-hybridized carbons (Fsp3) is 0.667. The molecule has 4 saturated carbocycles. The summed E-state index contributed by atoms with van der Waals surface area (Å²) in [5.41, 5.74) is 0.769. The van der Waals surface area contributed by atoms with Crippen molar-refractivity contribution in [1.82, 2.24) is 5.01 Å². The molecule has 1 aromatic rings. The SMILES string of the molecule is CC1(C)C(=O)N([C@H]2C3CC4CC2C[C@@](C)(C4)C3)N1c1cccc(Cl)c1Cl. The summed E-state index contributed by atoms with van der Waals surface area (Å²) in [5, 5.41) is 5.25. The molecule has 1 aliphatic heterocycles. The smallest absolute Gasteiger partial charge is 0.268 e. The Bertz CT molecular complexity index is 776. The Kier molecular flexibility index (Phi) is 3.52. The molecule has 6 rings (SSSR count). The Hall–Kier alpha value is -0.930. The fourth-order valence-corrected chi connectivity index (χ4v) is 7.21. The van der Waals surface area contributed by atoms with E-state index in [-0.39, 0.29) is 5.91 Å². The number of hydrazine groups is 1. The minimum Gasteiger partial charge on any atom is -0.270 e. The molecular formula is C21H26Cl2N2O. The zero-order valence-electron chi connectivity index (χ0n) is 15.6. The van der Waals surface area contributed by atoms with Crippen LogP contribution in [0.2, 0.25) is 10.0 Å². The maximum atomic E-state index is 13.2. The molecule has 4 aliphatic carbocycles. The van der Waals surface area contributed by atoms with Gasteiger partial charge in [0, 0.05) is 0 Å². The molecule has 5 heteroatoms. The Labute approximate surface area is 165 Å². The Morgan fingerprint density at radius 1 is 1.04 bits per heavy atom. The maximum absolute atomic E-state index is 13.2. The molecule has 140 valence electrons. The Morgan fingerprint density at radius 2 is 1.69 bits per heavy atom. The second-order valence-corrected chi connectivity index (χ2v) is 10.6. The molecule has 3 nitrogen and oxygen atoms in total. The van der Waals surface area contributed by atoms with Gasteiger partial charge in [-0.1, -0.05) is 36.2 Å². The van der Waals surface area contributed by atoms with Crippen LogP contribution in [0.25, 0.3) is 0 Å². The average Bonchev–Trinajstić information content (AvgIpc) is 2.55. The highest BCUT2D eigenvalue weighted by Crippen LogP contribution is 2.62. The van der Waals surface area contributed by atoms with Gasteiger partial charge in [-0.2, -0.15) is 0 Å². The molecule has 26 heavy (non-hydrogen) atoms. The summed E-state index contributed by atoms with van der Waals surface area (Å²) in [6.45, 7) is 6.43. The lowest BCUT2D eigenvalue weighted by atomic mass is 9.48. The summed E-state index contributed by atoms with van der Waals surface area (Å²) in [5.74, 6) is 2.32. The van der Waals surface area contributed by atoms with Crippen molar-refractivity contribution in [3.05, 3.63) is 28.2 Å². The molecule has 1 aromatic carbocycles. The highest BCUT2D eigenvalue weighted by molar-refractivity contribution is 6.43. The molecule has 1 amide bonds. The molecule has 0 N–H and O–H groups in total. The van der Waals surface area contributed by atoms with Crippen molar-refractivity contribution in [3.8, 4) is 0 Å². The van der Waals surface area contributed by atoms with Gasteiger partial charge in [0.2, 0.25) is 0 Å². The third kappa shape index (κ3) is 2.16. The van der Waals surface area contributed by atoms with Gasteiger partial charge in [-0.25, -0.2) is 5.01 Å². The van der Waals surface area contributed by atoms with E-state index in [1.807, 2.05) is 31.0 Å². The molecule has 1 saturated heterocycles. The standard InChI is InChI=1S/C21H26Cl2N2O/c1-20(2)19(26)24(25(20)16-6-4-5-15(22)17(16)23)18-13-7-12-8-14(18)11-21(3,9-12)10-13/h4-6,12-14,18H,7-11H2,1-3H3/t12?,13?,14?,18-,21-. The van der Waals surface area contributed by atoms with Crippen LogP contribution in [0.15, 0.2) is 18.2 Å². The molecular weight excluding hydrogens is 367 g/mol. The number of nitrogens with zero attached hydrogens (tertiary/aromatic N) is 2. The van der Waals surface area contributed by atoms with Crippen LogP contribution in [0.5, 0.6) is 0 Å². The summed E-state index contributed by atoms with van der Waals surface area (Å²) in [6.07, 6.45) is 6.45. The minimum atomic E-state index is -0.577. The zero-order valence-corrected chi connectivity index (χ0v) is 17.1. The first-order valence-corrected chi connectivity index (χ1v) is 10.5. The van der Waals surface area contributed by atoms with E-state index in [9.17, 15) is 4.79 Å². The van der Waals surface area contributed by atoms with E-state index in [1.54, 1.807) is 6.07 Å². The van der Waals surface area contributed by atoms with E-state index in [4.69, 9.17) is 23.2 Å². The highest BCUT2D eigenvalue weighted by Gasteiger charge is 2.63. The van der Waals surface area contributed by atoms with E-state index < -0.39 is 5.54 Å². The predicted molar refractivity (Wildman–Crippen MR) is 105 cm³/mol. The van der Waals surface area contributed by atoms with Crippen LogP contribution in [-0.2, 0) is 4.79 Å². The van der Waals surface area contributed by atoms with Crippen molar-refractivity contribution in [2.45, 2.75) is 64.5 Å². The lowest BCUT2D eigenvalue weighted by molar-refractivity contribution is -0.176. The average molecular weight is 393 g/mol. The summed E-state index contributed by atoms with van der Waals surface area (Å²) < 4.78 is 0. The Morgan fingerprint density at radius 3 is 2.31 bits per heavy atom. The molecule has 2 atom stereocenters. The van der Waals surface area contributed by atoms with Gasteiger partial charge < -0.3 is 0 Å². The van der Waals surface area contributed by atoms with E-state index in [0.29, 0.717) is 33.3 Å². The minimum absolute atomic E-state index is 0.219. The van der Waals surface area contributed by atoms with Crippen LogP contribution in [-0.4, -0.2) is 22.5 Å². The molecule has 0 spiro atoms. The van der Waals surface area contributed by atoms with Crippen molar-refractivity contribution < 1.29 is 4.79 Å². The lowest BCUT2D eigenvalue weighted by Gasteiger charge is -2.67. The number of carbonyl (C=O) groups is 1. The maximum Gasteiger partial charge on any atom is 0.268 e. The number of amides is 1. The van der Waals surface area contributed by atoms with Crippen molar-refractivity contribution in [1.29, 1.82) is 0 Å². The van der Waals surface area contributed by atoms with Crippen molar-refractivity contribution >= 4 is 34.8 Å². The number of benzene rings is 1. The predicted octanol–water partition coefficient (Wildman–Crippen LogP) is 5.55.